The lowest BCUT2D eigenvalue weighted by Crippen LogP contribution is -2.55. The van der Waals surface area contributed by atoms with E-state index in [0.717, 1.165) is 116 Å². The predicted molar refractivity (Wildman–Crippen MR) is 254 cm³/mol. The van der Waals surface area contributed by atoms with Crippen molar-refractivity contribution < 1.29 is 15.0 Å². The summed E-state index contributed by atoms with van der Waals surface area (Å²) in [7, 11) is 0. The Bertz CT molecular complexity index is 2740. The molecule has 3 aliphatic heterocycles. The van der Waals surface area contributed by atoms with Crippen molar-refractivity contribution in [3.8, 4) is 5.00 Å². The van der Waals surface area contributed by atoms with E-state index in [1.807, 2.05) is 19.1 Å². The molecule has 2 N–H and O–H groups in total. The molecular weight excluding hydrogens is 803 g/mol. The molecule has 11 heteroatoms. The Morgan fingerprint density at radius 3 is 2.13 bits per heavy atom. The summed E-state index contributed by atoms with van der Waals surface area (Å²) in [4.78, 5) is 25.7. The van der Waals surface area contributed by atoms with Crippen molar-refractivity contribution in [3.05, 3.63) is 158 Å². The number of piperidine rings is 1. The summed E-state index contributed by atoms with van der Waals surface area (Å²) in [5.41, 5.74) is 13.6. The van der Waals surface area contributed by atoms with Gasteiger partial charge in [0.25, 0.3) is 0 Å². The van der Waals surface area contributed by atoms with E-state index in [1.165, 1.54) is 44.1 Å². The van der Waals surface area contributed by atoms with Crippen molar-refractivity contribution in [2.75, 3.05) is 55.6 Å². The number of β-amino-alcohol motifs (C(OH)–C–C–N with tert-alkyl or cyclic N) is 1. The van der Waals surface area contributed by atoms with Crippen LogP contribution in [0.2, 0.25) is 0 Å². The monoisotopic (exact) mass is 857 g/mol. The highest BCUT2D eigenvalue weighted by Gasteiger charge is 2.36. The quantitative estimate of drug-likeness (QED) is 0.156. The number of aromatic nitrogens is 3. The van der Waals surface area contributed by atoms with Gasteiger partial charge in [-0.05, 0) is 135 Å². The first-order valence-corrected chi connectivity index (χ1v) is 23.3. The fourth-order valence-corrected chi connectivity index (χ4v) is 11.5. The van der Waals surface area contributed by atoms with E-state index in [2.05, 4.69) is 129 Å². The minimum absolute atomic E-state index is 0.114. The number of carboxylic acid groups (broad SMARTS) is 1. The molecule has 1 atom stereocenters. The molecule has 2 fully saturated rings. The molecule has 10 nitrogen and oxygen atoms in total. The third-order valence-corrected chi connectivity index (χ3v) is 15.1. The van der Waals surface area contributed by atoms with Gasteiger partial charge in [-0.3, -0.25) is 14.5 Å². The summed E-state index contributed by atoms with van der Waals surface area (Å²) in [5, 5.41) is 31.7. The lowest BCUT2D eigenvalue weighted by molar-refractivity contribution is -0.0173. The van der Waals surface area contributed by atoms with E-state index < -0.39 is 11.6 Å². The van der Waals surface area contributed by atoms with E-state index in [9.17, 15) is 15.0 Å². The first kappa shape index (κ1) is 41.1. The molecule has 0 spiro atoms. The number of aryl methyl sites for hydroxylation is 3. The average Bonchev–Trinajstić information content (AvgIpc) is 3.70. The number of nitrogens with zero attached hydrogens (tertiary/aromatic N) is 7. The zero-order valence-electron chi connectivity index (χ0n) is 36.6. The molecule has 63 heavy (non-hydrogen) atoms. The second-order valence-corrected chi connectivity index (χ2v) is 19.1. The molecule has 0 radical (unpaired) electrons. The highest BCUT2D eigenvalue weighted by molar-refractivity contribution is 7.15. The fraction of sp³-hybridized carbons (Fsp3) is 0.346. The fourth-order valence-electron chi connectivity index (χ4n) is 10.2. The number of hydrogen-bond donors (Lipinski definition) is 2. The number of aliphatic hydroxyl groups is 1. The highest BCUT2D eigenvalue weighted by atomic mass is 32.1. The number of anilines is 2. The van der Waals surface area contributed by atoms with Crippen LogP contribution in [-0.2, 0) is 6.42 Å². The summed E-state index contributed by atoms with van der Waals surface area (Å²) in [6.07, 6.45) is 4.21. The predicted octanol–water partition coefficient (Wildman–Crippen LogP) is 9.31. The summed E-state index contributed by atoms with van der Waals surface area (Å²) in [6, 6.07) is 33.9. The molecule has 2 aromatic heterocycles. The molecule has 4 aliphatic rings. The van der Waals surface area contributed by atoms with Crippen LogP contribution in [0.15, 0.2) is 102 Å². The molecule has 1 aliphatic carbocycles. The Hall–Kier alpha value is -5.88. The number of allylic oxidation sites excluding steroid dienone is 1. The maximum Gasteiger partial charge on any atom is 0.335 e. The molecule has 0 unspecified atom stereocenters. The number of piperazine rings is 1. The smallest absolute Gasteiger partial charge is 0.335 e. The Morgan fingerprint density at radius 1 is 0.778 bits per heavy atom. The second kappa shape index (κ2) is 16.7. The van der Waals surface area contributed by atoms with Gasteiger partial charge in [-0.25, -0.2) is 4.79 Å². The third-order valence-electron chi connectivity index (χ3n) is 13.9. The van der Waals surface area contributed by atoms with Gasteiger partial charge >= 0.3 is 5.97 Å². The van der Waals surface area contributed by atoms with Crippen LogP contribution in [0.5, 0.6) is 0 Å². The maximum atomic E-state index is 11.9. The van der Waals surface area contributed by atoms with Crippen LogP contribution in [0.3, 0.4) is 0 Å². The van der Waals surface area contributed by atoms with Crippen molar-refractivity contribution in [2.45, 2.75) is 71.4 Å². The van der Waals surface area contributed by atoms with Crippen LogP contribution in [-0.4, -0.2) is 93.0 Å². The van der Waals surface area contributed by atoms with Gasteiger partial charge in [-0.1, -0.05) is 60.7 Å². The van der Waals surface area contributed by atoms with E-state index in [-0.39, 0.29) is 6.04 Å². The standard InChI is InChI=1S/C52H55N7O3S/c1-33-35(3)63-50-46(33)48(53-34(2)49-55-54-36(4)59(49)50)39-15-20-42(21-16-39)57-25-23-52(62,24-26-57)32-56-27-29-58(30-28-56)43-18-13-38(14-19-43)47-44(37-9-6-5-7-10-37)12-8-11-40-31-41(51(60)61)17-22-45(40)47/h5-7,9-10,13-22,31,34,62H,8,11-12,23-30,32H2,1-4H3,(H,60,61)/t34-/m0/s1. The van der Waals surface area contributed by atoms with Crippen molar-refractivity contribution in [2.24, 2.45) is 4.99 Å². The Labute approximate surface area is 373 Å². The minimum Gasteiger partial charge on any atom is -0.478 e. The Morgan fingerprint density at radius 2 is 1.44 bits per heavy atom. The first-order chi connectivity index (χ1) is 30.5. The molecule has 0 saturated carbocycles. The van der Waals surface area contributed by atoms with Gasteiger partial charge in [0.05, 0.1) is 16.9 Å². The van der Waals surface area contributed by atoms with E-state index in [0.29, 0.717) is 12.1 Å². The molecule has 5 heterocycles. The second-order valence-electron chi connectivity index (χ2n) is 17.9. The number of hydrogen-bond acceptors (Lipinski definition) is 9. The molecule has 10 rings (SSSR count). The normalized spacial score (nSPS) is 18.9. The zero-order valence-corrected chi connectivity index (χ0v) is 37.5. The van der Waals surface area contributed by atoms with Crippen molar-refractivity contribution in [3.63, 3.8) is 0 Å². The van der Waals surface area contributed by atoms with Crippen LogP contribution in [0.1, 0.15) is 104 Å². The molecule has 0 bridgehead atoms. The van der Waals surface area contributed by atoms with Crippen LogP contribution < -0.4 is 9.80 Å². The molecule has 6 aromatic rings. The number of rotatable bonds is 8. The molecule has 2 saturated heterocycles. The molecular formula is C52H55N7O3S. The van der Waals surface area contributed by atoms with Crippen LogP contribution in [0.4, 0.5) is 11.4 Å². The number of thiophene rings is 1. The third kappa shape index (κ3) is 7.81. The van der Waals surface area contributed by atoms with Gasteiger partial charge in [-0.15, -0.1) is 21.5 Å². The summed E-state index contributed by atoms with van der Waals surface area (Å²) < 4.78 is 2.18. The number of benzene rings is 4. The Kier molecular flexibility index (Phi) is 10.9. The van der Waals surface area contributed by atoms with Crippen molar-refractivity contribution in [1.82, 2.24) is 19.7 Å². The largest absolute Gasteiger partial charge is 0.478 e. The number of aromatic carboxylic acids is 1. The highest BCUT2D eigenvalue weighted by Crippen LogP contribution is 2.42. The van der Waals surface area contributed by atoms with Gasteiger partial charge in [0.15, 0.2) is 5.82 Å². The minimum atomic E-state index is -0.888. The van der Waals surface area contributed by atoms with Crippen LogP contribution in [0, 0.1) is 20.8 Å². The van der Waals surface area contributed by atoms with Gasteiger partial charge in [0, 0.05) is 73.2 Å². The van der Waals surface area contributed by atoms with E-state index >= 15 is 0 Å². The van der Waals surface area contributed by atoms with Crippen LogP contribution >= 0.6 is 11.3 Å². The molecule has 322 valence electrons. The van der Waals surface area contributed by atoms with Gasteiger partial charge < -0.3 is 20.0 Å². The lowest BCUT2D eigenvalue weighted by Gasteiger charge is -2.44. The number of fused-ring (bicyclic) bond motifs is 4. The van der Waals surface area contributed by atoms with E-state index in [4.69, 9.17) is 4.99 Å². The number of aliphatic imine (C=N–C) groups is 1. The zero-order chi connectivity index (χ0) is 43.4. The number of carboxylic acids is 1. The molecule has 4 aromatic carbocycles. The van der Waals surface area contributed by atoms with Crippen LogP contribution in [0.25, 0.3) is 16.1 Å². The summed E-state index contributed by atoms with van der Waals surface area (Å²) in [6.45, 7) is 14.4. The van der Waals surface area contributed by atoms with Gasteiger partial charge in [-0.2, -0.15) is 0 Å². The average molecular weight is 858 g/mol. The summed E-state index contributed by atoms with van der Waals surface area (Å²) in [5.74, 6) is 0.876. The topological polar surface area (TPSA) is 110 Å². The lowest BCUT2D eigenvalue weighted by atomic mass is 9.87. The van der Waals surface area contributed by atoms with Gasteiger partial charge in [0.1, 0.15) is 16.9 Å². The van der Waals surface area contributed by atoms with Crippen molar-refractivity contribution in [1.29, 1.82) is 0 Å². The van der Waals surface area contributed by atoms with Crippen molar-refractivity contribution >= 4 is 45.5 Å². The first-order valence-electron chi connectivity index (χ1n) is 22.4. The molecule has 0 amide bonds. The maximum absolute atomic E-state index is 11.9. The van der Waals surface area contributed by atoms with E-state index in [1.54, 1.807) is 17.4 Å². The number of carbonyl (C=O) groups is 1. The SMILES string of the molecule is Cc1sc2c(c1C)C(c1ccc(N3CCC(O)(CN4CCN(c5ccc(C6=C(c7ccccc7)CCCc7cc(C(=O)O)ccc76)cc5)CC4)CC3)cc1)=N[C@@H](C)c1nnc(C)n1-2. The Balaban J connectivity index is 0.777. The summed E-state index contributed by atoms with van der Waals surface area (Å²) >= 11 is 1.78. The van der Waals surface area contributed by atoms with Gasteiger partial charge in [0.2, 0.25) is 0 Å².